The Morgan fingerprint density at radius 1 is 1.50 bits per heavy atom. The van der Waals surface area contributed by atoms with E-state index in [0.29, 0.717) is 18.9 Å². The molecule has 0 N–H and O–H groups in total. The fourth-order valence-corrected chi connectivity index (χ4v) is 2.61. The topological polar surface area (TPSA) is 26.3 Å². The summed E-state index contributed by atoms with van der Waals surface area (Å²) in [7, 11) is 0. The molecule has 0 aliphatic carbocycles. The number of halogens is 3. The lowest BCUT2D eigenvalue weighted by Crippen LogP contribution is -2.15. The lowest BCUT2D eigenvalue weighted by molar-refractivity contribution is -0.141. The van der Waals surface area contributed by atoms with Crippen LogP contribution in [0.3, 0.4) is 0 Å². The van der Waals surface area contributed by atoms with Gasteiger partial charge in [-0.2, -0.15) is 0 Å². The predicted octanol–water partition coefficient (Wildman–Crippen LogP) is 3.35. The zero-order valence-corrected chi connectivity index (χ0v) is 10.9. The van der Waals surface area contributed by atoms with Gasteiger partial charge in [0.1, 0.15) is 6.10 Å². The molecule has 14 heavy (non-hydrogen) atoms. The van der Waals surface area contributed by atoms with E-state index in [9.17, 15) is 4.79 Å². The molecule has 2 nitrogen and oxygen atoms in total. The Kier molecular flexibility index (Phi) is 6.86. The molecule has 0 rings (SSSR count). The molecule has 0 saturated carbocycles. The highest BCUT2D eigenvalue weighted by molar-refractivity contribution is 7.64. The van der Waals surface area contributed by atoms with E-state index in [-0.39, 0.29) is 0 Å². The molecule has 0 saturated heterocycles. The third-order valence-corrected chi connectivity index (χ3v) is 4.06. The normalized spacial score (nSPS) is 13.4. The first-order chi connectivity index (χ1) is 6.35. The Morgan fingerprint density at radius 3 is 2.50 bits per heavy atom. The van der Waals surface area contributed by atoms with E-state index in [1.165, 1.54) is 0 Å². The minimum atomic E-state index is -2.54. The summed E-state index contributed by atoms with van der Waals surface area (Å²) in [6.45, 7) is 6.92. The second-order valence-electron chi connectivity index (χ2n) is 2.77. The highest BCUT2D eigenvalue weighted by Crippen LogP contribution is 2.27. The van der Waals surface area contributed by atoms with Gasteiger partial charge in [-0.1, -0.05) is 6.58 Å². The average Bonchev–Trinajstić information content (AvgIpc) is 2.01. The van der Waals surface area contributed by atoms with Crippen LogP contribution in [0.2, 0.25) is 6.04 Å². The Balaban J connectivity index is 3.59. The largest absolute Gasteiger partial charge is 0.459 e. The van der Waals surface area contributed by atoms with Crippen molar-refractivity contribution < 1.29 is 9.53 Å². The third kappa shape index (κ3) is 8.88. The highest BCUT2D eigenvalue weighted by Gasteiger charge is 2.24. The molecule has 0 aromatic heterocycles. The zero-order chi connectivity index (χ0) is 11.2. The number of carbonyl (C=O) groups is 1. The van der Waals surface area contributed by atoms with Gasteiger partial charge in [0.15, 0.2) is 0 Å². The second kappa shape index (κ2) is 6.72. The molecule has 0 aromatic carbocycles. The van der Waals surface area contributed by atoms with Crippen molar-refractivity contribution >= 4 is 45.2 Å². The summed E-state index contributed by atoms with van der Waals surface area (Å²) in [6, 6.07) is -1.99. The average molecular weight is 275 g/mol. The fraction of sp³-hybridized carbons (Fsp3) is 0.500. The number of hydrogen-bond acceptors (Lipinski definition) is 2. The van der Waals surface area contributed by atoms with Crippen LogP contribution < -0.4 is 0 Å². The quantitative estimate of drug-likeness (QED) is 0.321. The number of esters is 1. The monoisotopic (exact) mass is 273 g/mol. The first kappa shape index (κ1) is 14.3. The number of carbonyl (C=O) groups excluding carboxylic acids is 1. The molecule has 0 amide bonds. The maximum Gasteiger partial charge on any atom is 0.341 e. The summed E-state index contributed by atoms with van der Waals surface area (Å²) in [6.07, 6.45) is 1.99. The minimum Gasteiger partial charge on any atom is -0.459 e. The smallest absolute Gasteiger partial charge is 0.341 e. The third-order valence-electron chi connectivity index (χ3n) is 1.44. The first-order valence-electron chi connectivity index (χ1n) is 4.08. The van der Waals surface area contributed by atoms with E-state index < -0.39 is 18.1 Å². The van der Waals surface area contributed by atoms with E-state index in [1.54, 1.807) is 0 Å². The van der Waals surface area contributed by atoms with Crippen molar-refractivity contribution in [2.75, 3.05) is 0 Å². The van der Waals surface area contributed by atoms with E-state index in [2.05, 4.69) is 13.5 Å². The van der Waals surface area contributed by atoms with Gasteiger partial charge >= 0.3 is 12.0 Å². The zero-order valence-electron chi connectivity index (χ0n) is 7.64. The van der Waals surface area contributed by atoms with Crippen LogP contribution in [0.25, 0.3) is 0 Å². The fourth-order valence-electron chi connectivity index (χ4n) is 0.801. The Labute approximate surface area is 99.3 Å². The first-order valence-corrected chi connectivity index (χ1v) is 9.32. The van der Waals surface area contributed by atoms with Gasteiger partial charge < -0.3 is 4.74 Å². The van der Waals surface area contributed by atoms with Gasteiger partial charge in [-0.25, -0.2) is 4.79 Å². The Morgan fingerprint density at radius 2 is 2.07 bits per heavy atom. The van der Waals surface area contributed by atoms with Crippen LogP contribution in [-0.2, 0) is 9.53 Å². The minimum absolute atomic E-state index is 0.401. The maximum atomic E-state index is 10.7. The lowest BCUT2D eigenvalue weighted by atomic mass is 10.2. The molecule has 6 heteroatoms. The van der Waals surface area contributed by atoms with Gasteiger partial charge in [0, 0.05) is 6.08 Å². The van der Waals surface area contributed by atoms with Crippen LogP contribution in [-0.4, -0.2) is 18.1 Å². The van der Waals surface area contributed by atoms with E-state index in [0.717, 1.165) is 6.08 Å². The number of hydrogen-bond donors (Lipinski definition) is 0. The van der Waals surface area contributed by atoms with Crippen LogP contribution in [0.5, 0.6) is 0 Å². The summed E-state index contributed by atoms with van der Waals surface area (Å²) in [5, 5.41) is 0. The van der Waals surface area contributed by atoms with Gasteiger partial charge in [0.25, 0.3) is 0 Å². The van der Waals surface area contributed by atoms with Crippen LogP contribution >= 0.6 is 33.2 Å². The molecule has 0 aliphatic heterocycles. The number of ether oxygens (including phenoxy) is 1. The molecule has 1 atom stereocenters. The van der Waals surface area contributed by atoms with Crippen molar-refractivity contribution in [2.45, 2.75) is 25.0 Å². The van der Waals surface area contributed by atoms with Gasteiger partial charge in [0.2, 0.25) is 0 Å². The lowest BCUT2D eigenvalue weighted by Gasteiger charge is -2.12. The van der Waals surface area contributed by atoms with Crippen molar-refractivity contribution in [3.8, 4) is 0 Å². The van der Waals surface area contributed by atoms with E-state index >= 15 is 0 Å². The molecular formula is C8H12Cl3O2Si. The van der Waals surface area contributed by atoms with Crippen LogP contribution in [0.15, 0.2) is 12.7 Å². The molecule has 81 valence electrons. The van der Waals surface area contributed by atoms with E-state index in [4.69, 9.17) is 38.0 Å². The summed E-state index contributed by atoms with van der Waals surface area (Å²) in [4.78, 5) is 10.7. The van der Waals surface area contributed by atoms with Gasteiger partial charge in [-0.05, 0) is 25.8 Å². The van der Waals surface area contributed by atoms with E-state index in [1.807, 2.05) is 0 Å². The Bertz CT molecular complexity index is 203. The highest BCUT2D eigenvalue weighted by atomic mass is 35.8. The predicted molar refractivity (Wildman–Crippen MR) is 62.8 cm³/mol. The van der Waals surface area contributed by atoms with Crippen LogP contribution in [0.4, 0.5) is 0 Å². The molecular weight excluding hydrogens is 263 g/mol. The van der Waals surface area contributed by atoms with Crippen molar-refractivity contribution in [1.82, 2.24) is 0 Å². The van der Waals surface area contributed by atoms with Gasteiger partial charge in [-0.15, -0.1) is 33.2 Å². The van der Waals surface area contributed by atoms with Gasteiger partial charge in [-0.3, -0.25) is 0 Å². The summed E-state index contributed by atoms with van der Waals surface area (Å²) < 4.78 is 4.83. The molecule has 0 bridgehead atoms. The Hall–Kier alpha value is 0.297. The molecule has 0 aliphatic rings. The van der Waals surface area contributed by atoms with Crippen molar-refractivity contribution in [3.05, 3.63) is 19.6 Å². The van der Waals surface area contributed by atoms with Crippen molar-refractivity contribution in [2.24, 2.45) is 0 Å². The molecule has 0 fully saturated rings. The summed E-state index contributed by atoms with van der Waals surface area (Å²) in [5.41, 5.74) is 0. The van der Waals surface area contributed by atoms with Gasteiger partial charge in [0.05, 0.1) is 0 Å². The molecule has 0 aromatic rings. The van der Waals surface area contributed by atoms with Crippen molar-refractivity contribution in [3.63, 3.8) is 0 Å². The molecule has 1 radical (unpaired) electrons. The summed E-state index contributed by atoms with van der Waals surface area (Å²) in [5.74, 6) is -0.476. The maximum absolute atomic E-state index is 10.7. The summed E-state index contributed by atoms with van der Waals surface area (Å²) >= 11 is 17.0. The van der Waals surface area contributed by atoms with Crippen LogP contribution in [0, 0.1) is 6.92 Å². The SMILES string of the molecule is [CH2]C(CCC[Si](Cl)(Cl)Cl)OC(=O)C=C. The molecule has 0 spiro atoms. The number of rotatable bonds is 6. The molecule has 1 unspecified atom stereocenters. The molecule has 0 heterocycles. The van der Waals surface area contributed by atoms with Crippen molar-refractivity contribution in [1.29, 1.82) is 0 Å². The second-order valence-corrected chi connectivity index (χ2v) is 12.0. The van der Waals surface area contributed by atoms with Crippen LogP contribution in [0.1, 0.15) is 12.8 Å². The standard InChI is InChI=1S/C8H12Cl3O2Si/c1-3-8(12)13-7(2)5-4-6-14(9,10)11/h3,7H,1-2,4-6H2.